The van der Waals surface area contributed by atoms with Crippen molar-refractivity contribution in [1.29, 1.82) is 0 Å². The van der Waals surface area contributed by atoms with Crippen molar-refractivity contribution in [1.82, 2.24) is 0 Å². The number of para-hydroxylation sites is 1. The van der Waals surface area contributed by atoms with E-state index in [9.17, 15) is 4.39 Å². The van der Waals surface area contributed by atoms with Gasteiger partial charge in [-0.2, -0.15) is 0 Å². The molecule has 1 nitrogen and oxygen atoms in total. The highest BCUT2D eigenvalue weighted by molar-refractivity contribution is 9.10. The first kappa shape index (κ1) is 12.4. The third-order valence-electron chi connectivity index (χ3n) is 2.23. The van der Waals surface area contributed by atoms with Crippen LogP contribution >= 0.6 is 27.5 Å². The van der Waals surface area contributed by atoms with Gasteiger partial charge in [0.2, 0.25) is 0 Å². The Morgan fingerprint density at radius 3 is 2.65 bits per heavy atom. The molecule has 2 aromatic carbocycles. The average Bonchev–Trinajstić information content (AvgIpc) is 2.30. The standard InChI is InChI=1S/C13H9BrClFO/c14-11-7-10(16)6-5-9(11)8-17-13-4-2-1-3-12(13)15/h1-7H,8H2. The van der Waals surface area contributed by atoms with Gasteiger partial charge < -0.3 is 4.74 Å². The summed E-state index contributed by atoms with van der Waals surface area (Å²) in [6.45, 7) is 0.338. The van der Waals surface area contributed by atoms with Gasteiger partial charge in [0.05, 0.1) is 5.02 Å². The van der Waals surface area contributed by atoms with Crippen molar-refractivity contribution in [3.63, 3.8) is 0 Å². The second-order valence-corrected chi connectivity index (χ2v) is 4.72. The van der Waals surface area contributed by atoms with E-state index >= 15 is 0 Å². The lowest BCUT2D eigenvalue weighted by Gasteiger charge is -2.09. The van der Waals surface area contributed by atoms with Crippen molar-refractivity contribution in [3.05, 3.63) is 63.3 Å². The summed E-state index contributed by atoms with van der Waals surface area (Å²) in [6, 6.07) is 11.7. The van der Waals surface area contributed by atoms with Crippen LogP contribution in [0.4, 0.5) is 4.39 Å². The molecule has 4 heteroatoms. The Labute approximate surface area is 112 Å². The van der Waals surface area contributed by atoms with Crippen molar-refractivity contribution in [2.75, 3.05) is 0 Å². The van der Waals surface area contributed by atoms with E-state index in [1.54, 1.807) is 18.2 Å². The van der Waals surface area contributed by atoms with Gasteiger partial charge in [0, 0.05) is 10.0 Å². The fourth-order valence-electron chi connectivity index (χ4n) is 1.36. The summed E-state index contributed by atoms with van der Waals surface area (Å²) in [5, 5.41) is 0.561. The molecule has 0 saturated carbocycles. The Morgan fingerprint density at radius 1 is 1.18 bits per heavy atom. The normalized spacial score (nSPS) is 10.3. The highest BCUT2D eigenvalue weighted by Crippen LogP contribution is 2.25. The number of ether oxygens (including phenoxy) is 1. The molecule has 0 spiro atoms. The van der Waals surface area contributed by atoms with Crippen molar-refractivity contribution in [3.8, 4) is 5.75 Å². The van der Waals surface area contributed by atoms with Crippen LogP contribution in [0.2, 0.25) is 5.02 Å². The molecule has 0 unspecified atom stereocenters. The van der Waals surface area contributed by atoms with Crippen LogP contribution in [0.25, 0.3) is 0 Å². The Bertz CT molecular complexity index is 531. The van der Waals surface area contributed by atoms with Crippen LogP contribution in [0.15, 0.2) is 46.9 Å². The summed E-state index contributed by atoms with van der Waals surface area (Å²) < 4.78 is 19.1. The van der Waals surface area contributed by atoms with Crippen molar-refractivity contribution in [2.24, 2.45) is 0 Å². The summed E-state index contributed by atoms with van der Waals surface area (Å²) in [6.07, 6.45) is 0. The lowest BCUT2D eigenvalue weighted by molar-refractivity contribution is 0.305. The summed E-state index contributed by atoms with van der Waals surface area (Å²) in [5.74, 6) is 0.337. The lowest BCUT2D eigenvalue weighted by Crippen LogP contribution is -1.97. The molecule has 0 amide bonds. The first-order valence-corrected chi connectivity index (χ1v) is 6.15. The van der Waals surface area contributed by atoms with Crippen LogP contribution in [-0.2, 0) is 6.61 Å². The van der Waals surface area contributed by atoms with Gasteiger partial charge in [-0.1, -0.05) is 45.7 Å². The molecule has 88 valence electrons. The molecule has 17 heavy (non-hydrogen) atoms. The molecule has 0 fully saturated rings. The minimum absolute atomic E-state index is 0.279. The topological polar surface area (TPSA) is 9.23 Å². The SMILES string of the molecule is Fc1ccc(COc2ccccc2Cl)c(Br)c1. The maximum Gasteiger partial charge on any atom is 0.138 e. The highest BCUT2D eigenvalue weighted by atomic mass is 79.9. The first-order valence-electron chi connectivity index (χ1n) is 4.98. The minimum atomic E-state index is -0.279. The van der Waals surface area contributed by atoms with Crippen molar-refractivity contribution < 1.29 is 9.13 Å². The molecule has 0 N–H and O–H groups in total. The molecule has 0 radical (unpaired) electrons. The Hall–Kier alpha value is -1.06. The molecular weight excluding hydrogens is 306 g/mol. The number of halogens is 3. The molecule has 0 aromatic heterocycles. The lowest BCUT2D eigenvalue weighted by atomic mass is 10.2. The molecule has 0 atom stereocenters. The molecule has 0 aliphatic rings. The van der Waals surface area contributed by atoms with E-state index in [1.165, 1.54) is 12.1 Å². The number of hydrogen-bond acceptors (Lipinski definition) is 1. The maximum absolute atomic E-state index is 12.9. The average molecular weight is 316 g/mol. The molecular formula is C13H9BrClFO. The predicted molar refractivity (Wildman–Crippen MR) is 69.9 cm³/mol. The molecule has 2 aromatic rings. The second kappa shape index (κ2) is 5.52. The van der Waals surface area contributed by atoms with E-state index in [2.05, 4.69) is 15.9 Å². The quantitative estimate of drug-likeness (QED) is 0.789. The Balaban J connectivity index is 2.10. The summed E-state index contributed by atoms with van der Waals surface area (Å²) in [4.78, 5) is 0. The van der Waals surface area contributed by atoms with Crippen LogP contribution < -0.4 is 4.74 Å². The van der Waals surface area contributed by atoms with Gasteiger partial charge in [-0.3, -0.25) is 0 Å². The van der Waals surface area contributed by atoms with Gasteiger partial charge in [-0.25, -0.2) is 4.39 Å². The van der Waals surface area contributed by atoms with Gasteiger partial charge in [-0.05, 0) is 24.3 Å². The fraction of sp³-hybridized carbons (Fsp3) is 0.0769. The van der Waals surface area contributed by atoms with Crippen LogP contribution in [0.5, 0.6) is 5.75 Å². The second-order valence-electron chi connectivity index (χ2n) is 3.45. The third-order valence-corrected chi connectivity index (χ3v) is 3.29. The van der Waals surface area contributed by atoms with Crippen LogP contribution in [0, 0.1) is 5.82 Å². The molecule has 0 aliphatic heterocycles. The zero-order chi connectivity index (χ0) is 12.3. The Morgan fingerprint density at radius 2 is 1.94 bits per heavy atom. The third kappa shape index (κ3) is 3.20. The van der Waals surface area contributed by atoms with Gasteiger partial charge in [0.15, 0.2) is 0 Å². The van der Waals surface area contributed by atoms with Crippen LogP contribution in [0.1, 0.15) is 5.56 Å². The summed E-state index contributed by atoms with van der Waals surface area (Å²) in [7, 11) is 0. The van der Waals surface area contributed by atoms with E-state index in [0.717, 1.165) is 5.56 Å². The molecule has 2 rings (SSSR count). The zero-order valence-electron chi connectivity index (χ0n) is 8.79. The number of hydrogen-bond donors (Lipinski definition) is 0. The van der Waals surface area contributed by atoms with Gasteiger partial charge in [0.25, 0.3) is 0 Å². The molecule has 0 aliphatic carbocycles. The predicted octanol–water partition coefficient (Wildman–Crippen LogP) is 4.82. The zero-order valence-corrected chi connectivity index (χ0v) is 11.1. The molecule has 0 bridgehead atoms. The van der Waals surface area contributed by atoms with E-state index in [-0.39, 0.29) is 5.82 Å². The summed E-state index contributed by atoms with van der Waals surface area (Å²) in [5.41, 5.74) is 0.867. The maximum atomic E-state index is 12.9. The van der Waals surface area contributed by atoms with Crippen molar-refractivity contribution >= 4 is 27.5 Å². The smallest absolute Gasteiger partial charge is 0.138 e. The Kier molecular flexibility index (Phi) is 4.02. The number of benzene rings is 2. The minimum Gasteiger partial charge on any atom is -0.487 e. The van der Waals surface area contributed by atoms with Crippen molar-refractivity contribution in [2.45, 2.75) is 6.61 Å². The van der Waals surface area contributed by atoms with Gasteiger partial charge in [0.1, 0.15) is 18.2 Å². The fourth-order valence-corrected chi connectivity index (χ4v) is 2.01. The first-order chi connectivity index (χ1) is 8.16. The summed E-state index contributed by atoms with van der Waals surface area (Å²) >= 11 is 9.24. The van der Waals surface area contributed by atoms with E-state index in [0.29, 0.717) is 21.9 Å². The van der Waals surface area contributed by atoms with Gasteiger partial charge >= 0.3 is 0 Å². The molecule has 0 heterocycles. The van der Waals surface area contributed by atoms with Gasteiger partial charge in [-0.15, -0.1) is 0 Å². The highest BCUT2D eigenvalue weighted by Gasteiger charge is 2.04. The van der Waals surface area contributed by atoms with E-state index in [1.807, 2.05) is 12.1 Å². The number of rotatable bonds is 3. The monoisotopic (exact) mass is 314 g/mol. The molecule has 0 saturated heterocycles. The largest absolute Gasteiger partial charge is 0.487 e. The van der Waals surface area contributed by atoms with E-state index < -0.39 is 0 Å². The van der Waals surface area contributed by atoms with Crippen LogP contribution in [0.3, 0.4) is 0 Å². The van der Waals surface area contributed by atoms with E-state index in [4.69, 9.17) is 16.3 Å². The van der Waals surface area contributed by atoms with Crippen LogP contribution in [-0.4, -0.2) is 0 Å².